The van der Waals surface area contributed by atoms with E-state index in [0.717, 1.165) is 12.5 Å². The zero-order valence-electron chi connectivity index (χ0n) is 13.5. The quantitative estimate of drug-likeness (QED) is 0.285. The van der Waals surface area contributed by atoms with Gasteiger partial charge in [0, 0.05) is 12.8 Å². The highest BCUT2D eigenvalue weighted by Crippen LogP contribution is 2.24. The average Bonchev–Trinajstić information content (AvgIpc) is 2.60. The first-order chi connectivity index (χ1) is 11.8. The van der Waals surface area contributed by atoms with E-state index in [2.05, 4.69) is 27.4 Å². The van der Waals surface area contributed by atoms with Gasteiger partial charge in [0.2, 0.25) is 0 Å². The smallest absolute Gasteiger partial charge is 0.312 e. The number of allylic oxidation sites excluding steroid dienone is 2. The van der Waals surface area contributed by atoms with Crippen molar-refractivity contribution in [2.75, 3.05) is 13.2 Å². The highest BCUT2D eigenvalue weighted by Gasteiger charge is 2.18. The molecule has 2 atom stereocenters. The zero-order chi connectivity index (χ0) is 19.2. The molecule has 0 aromatic carbocycles. The number of alkyl halides is 2. The third kappa shape index (κ3) is 11.2. The molecular weight excluding hydrogens is 354 g/mol. The van der Waals surface area contributed by atoms with Gasteiger partial charge in [0.15, 0.2) is 11.7 Å². The Hall–Kier alpha value is -2.06. The van der Waals surface area contributed by atoms with Gasteiger partial charge in [-0.1, -0.05) is 13.2 Å². The van der Waals surface area contributed by atoms with Crippen LogP contribution in [0, 0.1) is 0 Å². The molecular formula is C16H20F6O3. The van der Waals surface area contributed by atoms with Crippen molar-refractivity contribution in [3.63, 3.8) is 0 Å². The van der Waals surface area contributed by atoms with Gasteiger partial charge in [0.25, 0.3) is 0 Å². The molecule has 0 saturated carbocycles. The molecule has 0 aliphatic heterocycles. The van der Waals surface area contributed by atoms with E-state index in [4.69, 9.17) is 0 Å². The molecule has 0 saturated heterocycles. The Bertz CT molecular complexity index is 436. The van der Waals surface area contributed by atoms with E-state index < -0.39 is 74.9 Å². The minimum absolute atomic E-state index is 0.401. The van der Waals surface area contributed by atoms with Gasteiger partial charge < -0.3 is 14.2 Å². The predicted octanol–water partition coefficient (Wildman–Crippen LogP) is 5.78. The Morgan fingerprint density at radius 2 is 1.12 bits per heavy atom. The van der Waals surface area contributed by atoms with Crippen LogP contribution in [0.5, 0.6) is 0 Å². The number of hydrogen-bond acceptors (Lipinski definition) is 3. The minimum atomic E-state index is -2.03. The van der Waals surface area contributed by atoms with E-state index in [1.165, 1.54) is 0 Å². The van der Waals surface area contributed by atoms with Crippen molar-refractivity contribution in [1.82, 2.24) is 0 Å². The molecule has 0 N–H and O–H groups in total. The minimum Gasteiger partial charge on any atom is -0.499 e. The summed E-state index contributed by atoms with van der Waals surface area (Å²) in [5.74, 6) is -3.18. The topological polar surface area (TPSA) is 27.7 Å². The standard InChI is InChI=1S/C16H20F6O3/c1-3-23-9-11(17)5-7-13(19)15(21)25-16(22)14(20)8-6-12(18)10-24-4-2/h3-4,11-12H,1-2,5-10H2. The Balaban J connectivity index is 4.44. The van der Waals surface area contributed by atoms with Crippen molar-refractivity contribution >= 4 is 0 Å². The van der Waals surface area contributed by atoms with Crippen LogP contribution in [0.15, 0.2) is 49.4 Å². The third-order valence-corrected chi connectivity index (χ3v) is 2.75. The third-order valence-electron chi connectivity index (χ3n) is 2.75. The van der Waals surface area contributed by atoms with Crippen LogP contribution in [0.1, 0.15) is 25.7 Å². The van der Waals surface area contributed by atoms with Gasteiger partial charge in [0.1, 0.15) is 25.6 Å². The molecule has 0 amide bonds. The number of ether oxygens (including phenoxy) is 3. The summed E-state index contributed by atoms with van der Waals surface area (Å²) >= 11 is 0. The van der Waals surface area contributed by atoms with Crippen molar-refractivity contribution in [2.24, 2.45) is 0 Å². The maximum Gasteiger partial charge on any atom is 0.312 e. The molecule has 144 valence electrons. The summed E-state index contributed by atoms with van der Waals surface area (Å²) in [6, 6.07) is -4.06. The van der Waals surface area contributed by atoms with E-state index >= 15 is 0 Å². The highest BCUT2D eigenvalue weighted by molar-refractivity contribution is 5.00. The van der Waals surface area contributed by atoms with Crippen LogP contribution in [0.25, 0.3) is 0 Å². The molecule has 9 heteroatoms. The average molecular weight is 374 g/mol. The van der Waals surface area contributed by atoms with Gasteiger partial charge in [-0.2, -0.15) is 8.78 Å². The first-order valence-electron chi connectivity index (χ1n) is 7.31. The molecule has 0 fully saturated rings. The lowest BCUT2D eigenvalue weighted by Crippen LogP contribution is -2.08. The molecule has 0 aliphatic rings. The molecule has 0 radical (unpaired) electrons. The van der Waals surface area contributed by atoms with Gasteiger partial charge in [-0.15, -0.1) is 0 Å². The lowest BCUT2D eigenvalue weighted by atomic mass is 10.2. The molecule has 25 heavy (non-hydrogen) atoms. The fraction of sp³-hybridized carbons (Fsp3) is 0.500. The second kappa shape index (κ2) is 13.3. The van der Waals surface area contributed by atoms with Crippen molar-refractivity contribution in [3.05, 3.63) is 49.4 Å². The van der Waals surface area contributed by atoms with Crippen molar-refractivity contribution in [3.8, 4) is 0 Å². The van der Waals surface area contributed by atoms with Crippen LogP contribution >= 0.6 is 0 Å². The highest BCUT2D eigenvalue weighted by atomic mass is 19.2. The maximum atomic E-state index is 13.3. The fourth-order valence-electron chi connectivity index (χ4n) is 1.46. The van der Waals surface area contributed by atoms with Crippen LogP contribution in [0.3, 0.4) is 0 Å². The normalized spacial score (nSPS) is 15.4. The summed E-state index contributed by atoms with van der Waals surface area (Å²) in [6.07, 6.45) is -3.65. The summed E-state index contributed by atoms with van der Waals surface area (Å²) in [5, 5.41) is 0. The summed E-state index contributed by atoms with van der Waals surface area (Å²) in [7, 11) is 0. The van der Waals surface area contributed by atoms with Gasteiger partial charge in [-0.3, -0.25) is 0 Å². The Labute approximate surface area is 142 Å². The van der Waals surface area contributed by atoms with Crippen molar-refractivity contribution in [1.29, 1.82) is 0 Å². The molecule has 0 bridgehead atoms. The Morgan fingerprint density at radius 1 is 0.760 bits per heavy atom. The van der Waals surface area contributed by atoms with E-state index in [0.29, 0.717) is 0 Å². The summed E-state index contributed by atoms with van der Waals surface area (Å²) in [4.78, 5) is 0. The lowest BCUT2D eigenvalue weighted by molar-refractivity contribution is 0.121. The summed E-state index contributed by atoms with van der Waals surface area (Å²) in [5.41, 5.74) is 0. The van der Waals surface area contributed by atoms with Gasteiger partial charge in [-0.05, 0) is 12.8 Å². The van der Waals surface area contributed by atoms with E-state index in [-0.39, 0.29) is 0 Å². The van der Waals surface area contributed by atoms with Crippen LogP contribution < -0.4 is 0 Å². The molecule has 0 aromatic rings. The first kappa shape index (κ1) is 22.9. The Morgan fingerprint density at radius 3 is 1.44 bits per heavy atom. The van der Waals surface area contributed by atoms with E-state index in [9.17, 15) is 26.3 Å². The van der Waals surface area contributed by atoms with Crippen LogP contribution in [0.2, 0.25) is 0 Å². The van der Waals surface area contributed by atoms with Crippen LogP contribution in [-0.2, 0) is 14.2 Å². The van der Waals surface area contributed by atoms with Gasteiger partial charge in [0.05, 0.1) is 12.5 Å². The molecule has 0 aliphatic carbocycles. The van der Waals surface area contributed by atoms with Crippen LogP contribution in [-0.4, -0.2) is 25.6 Å². The monoisotopic (exact) mass is 374 g/mol. The summed E-state index contributed by atoms with van der Waals surface area (Å²) < 4.78 is 92.2. The van der Waals surface area contributed by atoms with E-state index in [1.54, 1.807) is 0 Å². The van der Waals surface area contributed by atoms with Crippen molar-refractivity contribution in [2.45, 2.75) is 38.0 Å². The second-order valence-electron chi connectivity index (χ2n) is 4.73. The Kier molecular flexibility index (Phi) is 12.2. The molecule has 0 rings (SSSR count). The van der Waals surface area contributed by atoms with Gasteiger partial charge >= 0.3 is 12.0 Å². The molecule has 2 unspecified atom stereocenters. The predicted molar refractivity (Wildman–Crippen MR) is 80.1 cm³/mol. The summed E-state index contributed by atoms with van der Waals surface area (Å²) in [6.45, 7) is 5.55. The lowest BCUT2D eigenvalue weighted by Gasteiger charge is -2.08. The molecule has 3 nitrogen and oxygen atoms in total. The number of hydrogen-bond donors (Lipinski definition) is 0. The van der Waals surface area contributed by atoms with Crippen LogP contribution in [0.4, 0.5) is 26.3 Å². The maximum absolute atomic E-state index is 13.3. The largest absolute Gasteiger partial charge is 0.499 e. The molecule has 0 aromatic heterocycles. The van der Waals surface area contributed by atoms with Gasteiger partial charge in [-0.25, -0.2) is 17.6 Å². The molecule has 0 heterocycles. The van der Waals surface area contributed by atoms with Crippen molar-refractivity contribution < 1.29 is 40.6 Å². The SMILES string of the molecule is C=COCC(F)CCC(F)=C(F)OC(F)=C(F)CCC(F)COC=C. The van der Waals surface area contributed by atoms with E-state index in [1.807, 2.05) is 0 Å². The second-order valence-corrected chi connectivity index (χ2v) is 4.73. The number of rotatable bonds is 14. The molecule has 0 spiro atoms. The number of halogens is 6. The first-order valence-corrected chi connectivity index (χ1v) is 7.31. The zero-order valence-corrected chi connectivity index (χ0v) is 13.5. The fourth-order valence-corrected chi connectivity index (χ4v) is 1.46.